The highest BCUT2D eigenvalue weighted by molar-refractivity contribution is 5.88. The molecule has 0 aliphatic heterocycles. The van der Waals surface area contributed by atoms with Gasteiger partial charge in [0.1, 0.15) is 5.76 Å². The van der Waals surface area contributed by atoms with Crippen LogP contribution in [0.2, 0.25) is 0 Å². The first kappa shape index (κ1) is 13.9. The number of fused-ring (bicyclic) bond motifs is 1. The normalized spacial score (nSPS) is 11.2. The van der Waals surface area contributed by atoms with E-state index in [2.05, 4.69) is 32.2 Å². The maximum absolute atomic E-state index is 6.04. The van der Waals surface area contributed by atoms with Crippen LogP contribution in [-0.2, 0) is 13.0 Å². The van der Waals surface area contributed by atoms with Crippen LogP contribution in [0.1, 0.15) is 37.2 Å². The number of hydrogen-bond donors (Lipinski definition) is 1. The third-order valence-electron chi connectivity index (χ3n) is 3.34. The minimum Gasteiger partial charge on any atom is -0.493 e. The van der Waals surface area contributed by atoms with E-state index in [0.29, 0.717) is 0 Å². The molecule has 0 amide bonds. The Balaban J connectivity index is 2.58. The topological polar surface area (TPSA) is 34.4 Å². The summed E-state index contributed by atoms with van der Waals surface area (Å²) in [5.74, 6) is 1.87. The first-order chi connectivity index (χ1) is 9.21. The van der Waals surface area contributed by atoms with E-state index in [4.69, 9.17) is 9.15 Å². The molecule has 1 heterocycles. The number of furan rings is 1. The van der Waals surface area contributed by atoms with E-state index in [-0.39, 0.29) is 0 Å². The van der Waals surface area contributed by atoms with Gasteiger partial charge in [-0.1, -0.05) is 20.3 Å². The Bertz CT molecular complexity index is 557. The number of nitrogens with one attached hydrogen (secondary N) is 1. The van der Waals surface area contributed by atoms with Crippen LogP contribution in [-0.4, -0.2) is 13.7 Å². The van der Waals surface area contributed by atoms with E-state index >= 15 is 0 Å². The summed E-state index contributed by atoms with van der Waals surface area (Å²) in [6.45, 7) is 8.12. The van der Waals surface area contributed by atoms with Crippen molar-refractivity contribution in [1.82, 2.24) is 5.32 Å². The van der Waals surface area contributed by atoms with Gasteiger partial charge in [0.15, 0.2) is 11.3 Å². The van der Waals surface area contributed by atoms with E-state index in [1.54, 1.807) is 7.11 Å². The number of rotatable bonds is 6. The molecule has 1 aromatic carbocycles. The summed E-state index contributed by atoms with van der Waals surface area (Å²) in [5.41, 5.74) is 3.41. The molecule has 0 fully saturated rings. The van der Waals surface area contributed by atoms with Crippen molar-refractivity contribution in [2.75, 3.05) is 13.7 Å². The van der Waals surface area contributed by atoms with Crippen LogP contribution in [0.25, 0.3) is 11.0 Å². The van der Waals surface area contributed by atoms with Crippen LogP contribution in [0.4, 0.5) is 0 Å². The SMILES string of the molecule is CCCc1c(CNCC)oc2c(OC)cc(C)cc12. The van der Waals surface area contributed by atoms with Crippen LogP contribution >= 0.6 is 0 Å². The average molecular weight is 261 g/mol. The maximum Gasteiger partial charge on any atom is 0.176 e. The first-order valence-corrected chi connectivity index (χ1v) is 7.00. The van der Waals surface area contributed by atoms with Gasteiger partial charge in [-0.3, -0.25) is 0 Å². The van der Waals surface area contributed by atoms with E-state index < -0.39 is 0 Å². The molecule has 0 saturated heterocycles. The summed E-state index contributed by atoms with van der Waals surface area (Å²) in [6, 6.07) is 4.22. The summed E-state index contributed by atoms with van der Waals surface area (Å²) < 4.78 is 11.5. The molecule has 0 bridgehead atoms. The molecule has 0 aliphatic carbocycles. The Kier molecular flexibility index (Phi) is 4.48. The van der Waals surface area contributed by atoms with Gasteiger partial charge in [-0.25, -0.2) is 0 Å². The lowest BCUT2D eigenvalue weighted by Gasteiger charge is -2.03. The van der Waals surface area contributed by atoms with Crippen LogP contribution in [0.15, 0.2) is 16.5 Å². The Labute approximate surface area is 114 Å². The first-order valence-electron chi connectivity index (χ1n) is 7.00. The van der Waals surface area contributed by atoms with E-state index in [1.807, 2.05) is 6.07 Å². The predicted octanol–water partition coefficient (Wildman–Crippen LogP) is 3.81. The molecule has 104 valence electrons. The van der Waals surface area contributed by atoms with E-state index in [9.17, 15) is 0 Å². The monoisotopic (exact) mass is 261 g/mol. The Hall–Kier alpha value is -1.48. The lowest BCUT2D eigenvalue weighted by atomic mass is 10.0. The summed E-state index contributed by atoms with van der Waals surface area (Å²) in [6.07, 6.45) is 2.16. The molecule has 0 unspecified atom stereocenters. The van der Waals surface area contributed by atoms with Crippen LogP contribution in [0, 0.1) is 6.92 Å². The minimum atomic E-state index is 0.780. The van der Waals surface area contributed by atoms with Crippen molar-refractivity contribution in [2.45, 2.75) is 40.2 Å². The van der Waals surface area contributed by atoms with Gasteiger partial charge in [-0.15, -0.1) is 0 Å². The average Bonchev–Trinajstić information content (AvgIpc) is 2.74. The number of benzene rings is 1. The second-order valence-corrected chi connectivity index (χ2v) is 4.88. The number of methoxy groups -OCH3 is 1. The second kappa shape index (κ2) is 6.11. The molecule has 0 aliphatic rings. The molecule has 19 heavy (non-hydrogen) atoms. The van der Waals surface area contributed by atoms with E-state index in [1.165, 1.54) is 16.5 Å². The predicted molar refractivity (Wildman–Crippen MR) is 78.9 cm³/mol. The lowest BCUT2D eigenvalue weighted by molar-refractivity contribution is 0.406. The molecule has 1 N–H and O–H groups in total. The molecule has 2 aromatic rings. The summed E-state index contributed by atoms with van der Waals surface area (Å²) in [5, 5.41) is 4.54. The van der Waals surface area contributed by atoms with Gasteiger partial charge >= 0.3 is 0 Å². The van der Waals surface area contributed by atoms with Crippen molar-refractivity contribution in [3.05, 3.63) is 29.0 Å². The maximum atomic E-state index is 6.04. The standard InChI is InChI=1S/C16H23NO2/c1-5-7-12-13-8-11(3)9-14(18-4)16(13)19-15(12)10-17-6-2/h8-9,17H,5-7,10H2,1-4H3. The molecule has 3 nitrogen and oxygen atoms in total. The van der Waals surface area contributed by atoms with Crippen molar-refractivity contribution < 1.29 is 9.15 Å². The molecule has 0 atom stereocenters. The van der Waals surface area contributed by atoms with Gasteiger partial charge in [-0.2, -0.15) is 0 Å². The third-order valence-corrected chi connectivity index (χ3v) is 3.34. The van der Waals surface area contributed by atoms with Crippen molar-refractivity contribution in [3.8, 4) is 5.75 Å². The minimum absolute atomic E-state index is 0.780. The molecule has 0 saturated carbocycles. The number of hydrogen-bond acceptors (Lipinski definition) is 3. The van der Waals surface area contributed by atoms with Gasteiger partial charge in [0.2, 0.25) is 0 Å². The Morgan fingerprint density at radius 3 is 2.68 bits per heavy atom. The molecule has 3 heteroatoms. The highest BCUT2D eigenvalue weighted by Gasteiger charge is 2.16. The summed E-state index contributed by atoms with van der Waals surface area (Å²) in [7, 11) is 1.69. The van der Waals surface area contributed by atoms with Gasteiger partial charge in [0.05, 0.1) is 13.7 Å². The summed E-state index contributed by atoms with van der Waals surface area (Å²) >= 11 is 0. The molecular formula is C16H23NO2. The third kappa shape index (κ3) is 2.76. The highest BCUT2D eigenvalue weighted by atomic mass is 16.5. The van der Waals surface area contributed by atoms with Crippen molar-refractivity contribution in [3.63, 3.8) is 0 Å². The van der Waals surface area contributed by atoms with E-state index in [0.717, 1.165) is 43.0 Å². The van der Waals surface area contributed by atoms with Crippen molar-refractivity contribution in [2.24, 2.45) is 0 Å². The molecule has 1 aromatic heterocycles. The molecular weight excluding hydrogens is 238 g/mol. The molecule has 0 radical (unpaired) electrons. The number of ether oxygens (including phenoxy) is 1. The number of aryl methyl sites for hydroxylation is 2. The highest BCUT2D eigenvalue weighted by Crippen LogP contribution is 2.34. The zero-order valence-corrected chi connectivity index (χ0v) is 12.3. The van der Waals surface area contributed by atoms with Crippen molar-refractivity contribution >= 4 is 11.0 Å². The Morgan fingerprint density at radius 1 is 1.26 bits per heavy atom. The smallest absolute Gasteiger partial charge is 0.176 e. The Morgan fingerprint density at radius 2 is 2.05 bits per heavy atom. The molecule has 0 spiro atoms. The van der Waals surface area contributed by atoms with Gasteiger partial charge in [0, 0.05) is 10.9 Å². The van der Waals surface area contributed by atoms with Crippen LogP contribution in [0.3, 0.4) is 0 Å². The van der Waals surface area contributed by atoms with Crippen LogP contribution in [0.5, 0.6) is 5.75 Å². The fourth-order valence-corrected chi connectivity index (χ4v) is 2.46. The lowest BCUT2D eigenvalue weighted by Crippen LogP contribution is -2.12. The van der Waals surface area contributed by atoms with Gasteiger partial charge in [0.25, 0.3) is 0 Å². The zero-order chi connectivity index (χ0) is 13.8. The van der Waals surface area contributed by atoms with Gasteiger partial charge in [-0.05, 0) is 37.6 Å². The van der Waals surface area contributed by atoms with Crippen molar-refractivity contribution in [1.29, 1.82) is 0 Å². The van der Waals surface area contributed by atoms with Crippen LogP contribution < -0.4 is 10.1 Å². The summed E-state index contributed by atoms with van der Waals surface area (Å²) in [4.78, 5) is 0. The fraction of sp³-hybridized carbons (Fsp3) is 0.500. The van der Waals surface area contributed by atoms with Gasteiger partial charge < -0.3 is 14.5 Å². The zero-order valence-electron chi connectivity index (χ0n) is 12.3. The largest absolute Gasteiger partial charge is 0.493 e. The molecule has 2 rings (SSSR count). The quantitative estimate of drug-likeness (QED) is 0.858. The second-order valence-electron chi connectivity index (χ2n) is 4.88. The fourth-order valence-electron chi connectivity index (χ4n) is 2.46.